The summed E-state index contributed by atoms with van der Waals surface area (Å²) in [6, 6.07) is 1.12. The minimum atomic E-state index is -0.122. The van der Waals surface area contributed by atoms with Gasteiger partial charge in [-0.25, -0.2) is 0 Å². The molecule has 0 aromatic heterocycles. The van der Waals surface area contributed by atoms with Crippen LogP contribution in [0.5, 0.6) is 0 Å². The first-order chi connectivity index (χ1) is 9.02. The monoisotopic (exact) mass is 268 g/mol. The Hall–Kier alpha value is -0.610. The van der Waals surface area contributed by atoms with Crippen LogP contribution in [0.15, 0.2) is 0 Å². The molecule has 2 fully saturated rings. The van der Waals surface area contributed by atoms with E-state index in [0.29, 0.717) is 12.1 Å². The number of carbonyl (C=O) groups is 1. The van der Waals surface area contributed by atoms with E-state index in [1.807, 2.05) is 0 Å². The number of ether oxygens (including phenoxy) is 1. The predicted octanol–water partition coefficient (Wildman–Crippen LogP) is 1.97. The Morgan fingerprint density at radius 2 is 1.95 bits per heavy atom. The molecule has 2 aliphatic rings. The summed E-state index contributed by atoms with van der Waals surface area (Å²) >= 11 is 0. The Labute approximate surface area is 116 Å². The number of nitrogens with one attached hydrogen (secondary N) is 1. The first-order valence-electron chi connectivity index (χ1n) is 7.72. The number of carbonyl (C=O) groups excluding carboxylic acids is 1. The fourth-order valence-corrected chi connectivity index (χ4v) is 3.40. The molecular formula is C15H28N2O2. The molecule has 2 unspecified atom stereocenters. The SMILES string of the molecule is CCC1(C)CC(NC2CCC(C(N)=O)CC2)CCO1. The van der Waals surface area contributed by atoms with Crippen molar-refractivity contribution in [2.45, 2.75) is 76.5 Å². The van der Waals surface area contributed by atoms with E-state index in [1.54, 1.807) is 0 Å². The van der Waals surface area contributed by atoms with Gasteiger partial charge in [-0.3, -0.25) is 4.79 Å². The summed E-state index contributed by atoms with van der Waals surface area (Å²) in [7, 11) is 0. The summed E-state index contributed by atoms with van der Waals surface area (Å²) in [5, 5.41) is 3.77. The van der Waals surface area contributed by atoms with Gasteiger partial charge in [-0.1, -0.05) is 6.92 Å². The second-order valence-electron chi connectivity index (χ2n) is 6.46. The lowest BCUT2D eigenvalue weighted by Crippen LogP contribution is -2.49. The summed E-state index contributed by atoms with van der Waals surface area (Å²) in [5.74, 6) is -0.0169. The Morgan fingerprint density at radius 3 is 2.53 bits per heavy atom. The normalized spacial score (nSPS) is 40.0. The first kappa shape index (κ1) is 14.8. The van der Waals surface area contributed by atoms with Crippen LogP contribution in [0.3, 0.4) is 0 Å². The van der Waals surface area contributed by atoms with Crippen LogP contribution in [0, 0.1) is 5.92 Å². The third kappa shape index (κ3) is 3.93. The number of rotatable bonds is 4. The molecule has 1 saturated heterocycles. The van der Waals surface area contributed by atoms with Gasteiger partial charge in [0.25, 0.3) is 0 Å². The van der Waals surface area contributed by atoms with Crippen LogP contribution in [0.4, 0.5) is 0 Å². The molecule has 0 aromatic rings. The average Bonchev–Trinajstić information content (AvgIpc) is 2.39. The van der Waals surface area contributed by atoms with Crippen molar-refractivity contribution in [3.05, 3.63) is 0 Å². The summed E-state index contributed by atoms with van der Waals surface area (Å²) in [5.41, 5.74) is 5.42. The minimum absolute atomic E-state index is 0.0420. The van der Waals surface area contributed by atoms with Crippen LogP contribution in [0.25, 0.3) is 0 Å². The molecular weight excluding hydrogens is 240 g/mol. The molecule has 110 valence electrons. The van der Waals surface area contributed by atoms with E-state index in [-0.39, 0.29) is 17.4 Å². The Morgan fingerprint density at radius 1 is 1.26 bits per heavy atom. The van der Waals surface area contributed by atoms with Crippen LogP contribution in [-0.2, 0) is 9.53 Å². The van der Waals surface area contributed by atoms with Gasteiger partial charge in [0.1, 0.15) is 0 Å². The van der Waals surface area contributed by atoms with E-state index in [9.17, 15) is 4.79 Å². The largest absolute Gasteiger partial charge is 0.375 e. The van der Waals surface area contributed by atoms with Crippen LogP contribution >= 0.6 is 0 Å². The van der Waals surface area contributed by atoms with Crippen molar-refractivity contribution in [2.24, 2.45) is 11.7 Å². The van der Waals surface area contributed by atoms with Gasteiger partial charge in [0.05, 0.1) is 5.60 Å². The summed E-state index contributed by atoms with van der Waals surface area (Å²) in [6.07, 6.45) is 7.31. The van der Waals surface area contributed by atoms with E-state index in [4.69, 9.17) is 10.5 Å². The van der Waals surface area contributed by atoms with Crippen molar-refractivity contribution in [3.63, 3.8) is 0 Å². The number of amides is 1. The average molecular weight is 268 g/mol. The zero-order valence-electron chi connectivity index (χ0n) is 12.3. The standard InChI is InChI=1S/C15H28N2O2/c1-3-15(2)10-13(8-9-19-15)17-12-6-4-11(5-7-12)14(16)18/h11-13,17H,3-10H2,1-2H3,(H2,16,18). The highest BCUT2D eigenvalue weighted by Crippen LogP contribution is 2.30. The van der Waals surface area contributed by atoms with Crippen LogP contribution in [-0.4, -0.2) is 30.2 Å². The first-order valence-corrected chi connectivity index (χ1v) is 7.72. The minimum Gasteiger partial charge on any atom is -0.375 e. The molecule has 1 amide bonds. The topological polar surface area (TPSA) is 64.3 Å². The molecule has 2 rings (SSSR count). The van der Waals surface area contributed by atoms with Crippen molar-refractivity contribution in [2.75, 3.05) is 6.61 Å². The Balaban J connectivity index is 1.78. The smallest absolute Gasteiger partial charge is 0.220 e. The van der Waals surface area contributed by atoms with Gasteiger partial charge in [-0.05, 0) is 51.9 Å². The van der Waals surface area contributed by atoms with Crippen LogP contribution in [0.1, 0.15) is 58.8 Å². The second kappa shape index (κ2) is 6.23. The highest BCUT2D eigenvalue weighted by atomic mass is 16.5. The third-order valence-corrected chi connectivity index (χ3v) is 4.94. The zero-order valence-corrected chi connectivity index (χ0v) is 12.3. The molecule has 1 heterocycles. The van der Waals surface area contributed by atoms with Crippen LogP contribution in [0.2, 0.25) is 0 Å². The Bertz CT molecular complexity index is 313. The number of hydrogen-bond donors (Lipinski definition) is 2. The predicted molar refractivity (Wildman–Crippen MR) is 75.7 cm³/mol. The van der Waals surface area contributed by atoms with Crippen molar-refractivity contribution in [3.8, 4) is 0 Å². The van der Waals surface area contributed by atoms with Crippen LogP contribution < -0.4 is 11.1 Å². The molecule has 0 spiro atoms. The molecule has 1 saturated carbocycles. The highest BCUT2D eigenvalue weighted by Gasteiger charge is 2.33. The summed E-state index contributed by atoms with van der Waals surface area (Å²) < 4.78 is 5.88. The maximum Gasteiger partial charge on any atom is 0.220 e. The number of primary amides is 1. The molecule has 4 heteroatoms. The van der Waals surface area contributed by atoms with Gasteiger partial charge in [-0.15, -0.1) is 0 Å². The number of hydrogen-bond acceptors (Lipinski definition) is 3. The molecule has 0 bridgehead atoms. The fraction of sp³-hybridized carbons (Fsp3) is 0.933. The molecule has 1 aliphatic heterocycles. The van der Waals surface area contributed by atoms with Gasteiger partial charge in [0.2, 0.25) is 5.91 Å². The van der Waals surface area contributed by atoms with Gasteiger partial charge in [0.15, 0.2) is 0 Å². The third-order valence-electron chi connectivity index (χ3n) is 4.94. The van der Waals surface area contributed by atoms with Gasteiger partial charge in [-0.2, -0.15) is 0 Å². The molecule has 0 aromatic carbocycles. The highest BCUT2D eigenvalue weighted by molar-refractivity contribution is 5.76. The lowest BCUT2D eigenvalue weighted by molar-refractivity contribution is -0.122. The van der Waals surface area contributed by atoms with Gasteiger partial charge >= 0.3 is 0 Å². The number of nitrogens with two attached hydrogens (primary N) is 1. The van der Waals surface area contributed by atoms with Gasteiger partial charge in [0, 0.05) is 24.6 Å². The lowest BCUT2D eigenvalue weighted by atomic mass is 9.84. The van der Waals surface area contributed by atoms with Gasteiger partial charge < -0.3 is 15.8 Å². The molecule has 3 N–H and O–H groups in total. The Kier molecular flexibility index (Phi) is 4.85. The maximum absolute atomic E-state index is 11.2. The fourth-order valence-electron chi connectivity index (χ4n) is 3.40. The van der Waals surface area contributed by atoms with E-state index < -0.39 is 0 Å². The molecule has 4 nitrogen and oxygen atoms in total. The summed E-state index contributed by atoms with van der Waals surface area (Å²) in [6.45, 7) is 5.27. The quantitative estimate of drug-likeness (QED) is 0.819. The molecule has 0 radical (unpaired) electrons. The van der Waals surface area contributed by atoms with E-state index in [2.05, 4.69) is 19.2 Å². The van der Waals surface area contributed by atoms with Crippen molar-refractivity contribution < 1.29 is 9.53 Å². The van der Waals surface area contributed by atoms with Crippen molar-refractivity contribution in [1.29, 1.82) is 0 Å². The van der Waals surface area contributed by atoms with Crippen molar-refractivity contribution >= 4 is 5.91 Å². The summed E-state index contributed by atoms with van der Waals surface area (Å²) in [4.78, 5) is 11.2. The zero-order chi connectivity index (χ0) is 13.9. The van der Waals surface area contributed by atoms with E-state index >= 15 is 0 Å². The second-order valence-corrected chi connectivity index (χ2v) is 6.46. The molecule has 2 atom stereocenters. The van der Waals surface area contributed by atoms with Crippen molar-refractivity contribution in [1.82, 2.24) is 5.32 Å². The van der Waals surface area contributed by atoms with E-state index in [0.717, 1.165) is 51.6 Å². The van der Waals surface area contributed by atoms with E-state index in [1.165, 1.54) is 0 Å². The lowest BCUT2D eigenvalue weighted by Gasteiger charge is -2.40. The molecule has 1 aliphatic carbocycles. The maximum atomic E-state index is 11.2. The molecule has 19 heavy (non-hydrogen) atoms.